The molecule has 2 atom stereocenters. The number of rotatable bonds is 4. The monoisotopic (exact) mass is 342 g/mol. The molecule has 2 nitrogen and oxygen atoms in total. The van der Waals surface area contributed by atoms with Gasteiger partial charge in [0.05, 0.1) is 11.6 Å². The number of hydrogen-bond acceptors (Lipinski definition) is 2. The van der Waals surface area contributed by atoms with Gasteiger partial charge >= 0.3 is 0 Å². The highest BCUT2D eigenvalue weighted by molar-refractivity contribution is 7.15. The van der Waals surface area contributed by atoms with E-state index in [1.165, 1.54) is 5.56 Å². The van der Waals surface area contributed by atoms with Crippen molar-refractivity contribution in [3.05, 3.63) is 69.6 Å². The zero-order chi connectivity index (χ0) is 16.4. The molecular formula is C19H20O2P2. The lowest BCUT2D eigenvalue weighted by molar-refractivity contribution is 0.596. The zero-order valence-corrected chi connectivity index (χ0v) is 15.4. The van der Waals surface area contributed by atoms with Crippen LogP contribution in [0.5, 0.6) is 0 Å². The first kappa shape index (κ1) is 16.4. The summed E-state index contributed by atoms with van der Waals surface area (Å²) in [7, 11) is 5.33. The van der Waals surface area contributed by atoms with Gasteiger partial charge in [-0.15, -0.1) is 18.5 Å². The minimum atomic E-state index is 0.0637. The van der Waals surface area contributed by atoms with Gasteiger partial charge in [0.2, 0.25) is 0 Å². The lowest BCUT2D eigenvalue weighted by atomic mass is 9.97. The van der Waals surface area contributed by atoms with Gasteiger partial charge in [-0.05, 0) is 53.1 Å². The first-order valence-electron chi connectivity index (χ1n) is 7.74. The fourth-order valence-electron chi connectivity index (χ4n) is 2.76. The minimum absolute atomic E-state index is 0.0637. The van der Waals surface area contributed by atoms with E-state index < -0.39 is 0 Å². The summed E-state index contributed by atoms with van der Waals surface area (Å²) in [5, 5.41) is 0.663. The molecule has 0 aliphatic heterocycles. The molecular weight excluding hydrogens is 322 g/mol. The Morgan fingerprint density at radius 1 is 1.00 bits per heavy atom. The summed E-state index contributed by atoms with van der Waals surface area (Å²) < 4.78 is 5.70. The van der Waals surface area contributed by atoms with Gasteiger partial charge in [-0.2, -0.15) is 0 Å². The van der Waals surface area contributed by atoms with E-state index in [2.05, 4.69) is 49.7 Å². The fraction of sp³-hybridized carbons (Fsp3) is 0.211. The van der Waals surface area contributed by atoms with Crippen LogP contribution >= 0.6 is 18.5 Å². The molecule has 23 heavy (non-hydrogen) atoms. The van der Waals surface area contributed by atoms with E-state index in [9.17, 15) is 4.79 Å². The highest BCUT2D eigenvalue weighted by Gasteiger charge is 2.11. The van der Waals surface area contributed by atoms with Crippen LogP contribution in [0.2, 0.25) is 0 Å². The zero-order valence-electron chi connectivity index (χ0n) is 13.1. The summed E-state index contributed by atoms with van der Waals surface area (Å²) in [5.74, 6) is 0. The van der Waals surface area contributed by atoms with E-state index in [1.54, 1.807) is 6.26 Å². The maximum absolute atomic E-state index is 12.5. The average Bonchev–Trinajstić information content (AvgIpc) is 2.61. The van der Waals surface area contributed by atoms with Crippen LogP contribution in [-0.2, 0) is 18.7 Å². The third kappa shape index (κ3) is 3.11. The first-order chi connectivity index (χ1) is 11.2. The SMILES string of the molecule is CCc1ccc(-c2cc3occ(CP)c(=O)c3cc2CP)cc1. The molecule has 0 amide bonds. The Balaban J connectivity index is 2.22. The van der Waals surface area contributed by atoms with Crippen LogP contribution in [0.4, 0.5) is 0 Å². The molecule has 3 rings (SSSR count). The lowest BCUT2D eigenvalue weighted by Gasteiger charge is -2.11. The van der Waals surface area contributed by atoms with Crippen molar-refractivity contribution in [2.75, 3.05) is 0 Å². The van der Waals surface area contributed by atoms with Crippen molar-refractivity contribution in [2.24, 2.45) is 0 Å². The van der Waals surface area contributed by atoms with Crippen molar-refractivity contribution in [1.82, 2.24) is 0 Å². The highest BCUT2D eigenvalue weighted by atomic mass is 31.0. The van der Waals surface area contributed by atoms with Crippen molar-refractivity contribution in [2.45, 2.75) is 25.7 Å². The fourth-order valence-corrected chi connectivity index (χ4v) is 3.38. The second kappa shape index (κ2) is 6.95. The topological polar surface area (TPSA) is 30.2 Å². The molecule has 2 aromatic carbocycles. The predicted octanol–water partition coefficient (Wildman–Crippen LogP) is 4.77. The number of fused-ring (bicyclic) bond motifs is 1. The molecule has 3 aromatic rings. The van der Waals surface area contributed by atoms with Gasteiger partial charge in [0, 0.05) is 5.56 Å². The Labute approximate surface area is 140 Å². The first-order valence-corrected chi connectivity index (χ1v) is 9.38. The van der Waals surface area contributed by atoms with Crippen molar-refractivity contribution in [3.63, 3.8) is 0 Å². The molecule has 0 bridgehead atoms. The number of aryl methyl sites for hydroxylation is 1. The molecule has 0 saturated carbocycles. The molecule has 0 saturated heterocycles. The molecule has 0 spiro atoms. The standard InChI is InChI=1S/C19H20O2P2/c1-2-12-3-5-13(6-4-12)16-8-18-17(7-14(16)10-22)19(20)15(11-23)9-21-18/h3-9H,2,10-11,22-23H2,1H3. The summed E-state index contributed by atoms with van der Waals surface area (Å²) in [4.78, 5) is 12.5. The lowest BCUT2D eigenvalue weighted by Crippen LogP contribution is -2.07. The molecule has 0 N–H and O–H groups in total. The predicted molar refractivity (Wildman–Crippen MR) is 104 cm³/mol. The van der Waals surface area contributed by atoms with E-state index in [4.69, 9.17) is 4.42 Å². The van der Waals surface area contributed by atoms with Crippen molar-refractivity contribution < 1.29 is 4.42 Å². The molecule has 1 heterocycles. The van der Waals surface area contributed by atoms with E-state index in [1.807, 2.05) is 12.1 Å². The Morgan fingerprint density at radius 3 is 2.30 bits per heavy atom. The van der Waals surface area contributed by atoms with Gasteiger partial charge in [-0.25, -0.2) is 0 Å². The smallest absolute Gasteiger partial charge is 0.196 e. The van der Waals surface area contributed by atoms with Gasteiger partial charge in [-0.1, -0.05) is 31.2 Å². The van der Waals surface area contributed by atoms with E-state index in [0.29, 0.717) is 22.7 Å². The summed E-state index contributed by atoms with van der Waals surface area (Å²) >= 11 is 0. The molecule has 118 valence electrons. The summed E-state index contributed by atoms with van der Waals surface area (Å²) in [6, 6.07) is 12.5. The second-order valence-corrected chi connectivity index (χ2v) is 6.37. The van der Waals surface area contributed by atoms with E-state index in [-0.39, 0.29) is 5.43 Å². The van der Waals surface area contributed by atoms with Gasteiger partial charge < -0.3 is 4.42 Å². The molecule has 1 aromatic heterocycles. The van der Waals surface area contributed by atoms with Crippen LogP contribution in [0.15, 0.2) is 51.9 Å². The van der Waals surface area contributed by atoms with E-state index in [0.717, 1.165) is 29.3 Å². The largest absolute Gasteiger partial charge is 0.464 e. The maximum atomic E-state index is 12.5. The van der Waals surface area contributed by atoms with E-state index >= 15 is 0 Å². The molecule has 0 fully saturated rings. The Bertz CT molecular complexity index is 896. The van der Waals surface area contributed by atoms with Gasteiger partial charge in [0.15, 0.2) is 5.43 Å². The summed E-state index contributed by atoms with van der Waals surface area (Å²) in [5.41, 5.74) is 6.13. The van der Waals surface area contributed by atoms with Crippen molar-refractivity contribution in [3.8, 4) is 11.1 Å². The van der Waals surface area contributed by atoms with Crippen LogP contribution < -0.4 is 5.43 Å². The number of hydrogen-bond donors (Lipinski definition) is 0. The Kier molecular flexibility index (Phi) is 4.95. The van der Waals surface area contributed by atoms with Crippen molar-refractivity contribution in [1.29, 1.82) is 0 Å². The van der Waals surface area contributed by atoms with Crippen LogP contribution in [0.3, 0.4) is 0 Å². The minimum Gasteiger partial charge on any atom is -0.464 e. The van der Waals surface area contributed by atoms with Crippen molar-refractivity contribution >= 4 is 29.4 Å². The van der Waals surface area contributed by atoms with Gasteiger partial charge in [0.1, 0.15) is 5.58 Å². The normalized spacial score (nSPS) is 11.1. The van der Waals surface area contributed by atoms with Crippen LogP contribution in [0.1, 0.15) is 23.6 Å². The number of benzene rings is 2. The Hall–Kier alpha value is -1.49. The Morgan fingerprint density at radius 2 is 1.70 bits per heavy atom. The average molecular weight is 342 g/mol. The molecule has 4 heteroatoms. The quantitative estimate of drug-likeness (QED) is 0.639. The van der Waals surface area contributed by atoms with Crippen LogP contribution in [-0.4, -0.2) is 0 Å². The highest BCUT2D eigenvalue weighted by Crippen LogP contribution is 2.30. The molecule has 0 aliphatic rings. The summed E-state index contributed by atoms with van der Waals surface area (Å²) in [6.07, 6.45) is 4.00. The molecule has 0 aliphatic carbocycles. The summed E-state index contributed by atoms with van der Waals surface area (Å²) in [6.45, 7) is 2.15. The third-order valence-electron chi connectivity index (χ3n) is 4.18. The third-order valence-corrected chi connectivity index (χ3v) is 5.06. The molecule has 0 radical (unpaired) electrons. The van der Waals surface area contributed by atoms with Gasteiger partial charge in [0.25, 0.3) is 0 Å². The van der Waals surface area contributed by atoms with Crippen LogP contribution in [0, 0.1) is 0 Å². The second-order valence-electron chi connectivity index (χ2n) is 5.55. The van der Waals surface area contributed by atoms with Crippen LogP contribution in [0.25, 0.3) is 22.1 Å². The molecule has 2 unspecified atom stereocenters. The maximum Gasteiger partial charge on any atom is 0.196 e. The van der Waals surface area contributed by atoms with Gasteiger partial charge in [-0.3, -0.25) is 4.79 Å².